The van der Waals surface area contributed by atoms with Gasteiger partial charge in [-0.25, -0.2) is 0 Å². The maximum atomic E-state index is 8.80. The Kier molecular flexibility index (Phi) is 3.85. The normalized spacial score (nSPS) is 10.4. The highest BCUT2D eigenvalue weighted by molar-refractivity contribution is 6.17. The van der Waals surface area contributed by atoms with Crippen molar-refractivity contribution in [1.82, 2.24) is 20.0 Å². The van der Waals surface area contributed by atoms with Crippen LogP contribution in [0.1, 0.15) is 24.1 Å². The highest BCUT2D eigenvalue weighted by Gasteiger charge is 2.11. The zero-order valence-electron chi connectivity index (χ0n) is 9.73. The average Bonchev–Trinajstić information content (AvgIpc) is 2.96. The zero-order valence-corrected chi connectivity index (χ0v) is 10.5. The molecular formula is C11H13ClN6. The second kappa shape index (κ2) is 5.56. The topological polar surface area (TPSA) is 96.3 Å². The summed E-state index contributed by atoms with van der Waals surface area (Å²) >= 11 is 5.62. The summed E-state index contributed by atoms with van der Waals surface area (Å²) in [5.41, 5.74) is 7.14. The van der Waals surface area contributed by atoms with Crippen LogP contribution in [0.4, 0.5) is 5.82 Å². The Morgan fingerprint density at radius 1 is 1.50 bits per heavy atom. The standard InChI is InChI=1S/C11H13ClN6/c12-4-2-1-3-9-5-10(17-16-9)18-11(14)8(6-13)7-15-18/h5,7H,1-4,14H2,(H,16,17). The Labute approximate surface area is 109 Å². The molecule has 0 unspecified atom stereocenters. The fourth-order valence-electron chi connectivity index (χ4n) is 1.62. The van der Waals surface area contributed by atoms with Crippen LogP contribution in [0.5, 0.6) is 0 Å². The number of aryl methyl sites for hydroxylation is 1. The first kappa shape index (κ1) is 12.5. The first-order valence-electron chi connectivity index (χ1n) is 5.60. The van der Waals surface area contributed by atoms with E-state index in [9.17, 15) is 0 Å². The van der Waals surface area contributed by atoms with Gasteiger partial charge in [0.15, 0.2) is 5.82 Å². The van der Waals surface area contributed by atoms with Crippen molar-refractivity contribution in [2.45, 2.75) is 19.3 Å². The third-order valence-corrected chi connectivity index (χ3v) is 2.86. The molecule has 3 N–H and O–H groups in total. The molecule has 0 aliphatic heterocycles. The Hall–Kier alpha value is -2.00. The SMILES string of the molecule is N#Cc1cnn(-c2cc(CCCCCl)[nH]n2)c1N. The third kappa shape index (κ3) is 2.46. The molecule has 0 aliphatic carbocycles. The van der Waals surface area contributed by atoms with Gasteiger partial charge in [-0.3, -0.25) is 5.10 Å². The number of nitrogens with two attached hydrogens (primary N) is 1. The molecule has 2 aromatic rings. The number of anilines is 1. The summed E-state index contributed by atoms with van der Waals surface area (Å²) < 4.78 is 1.44. The smallest absolute Gasteiger partial charge is 0.177 e. The van der Waals surface area contributed by atoms with E-state index in [4.69, 9.17) is 22.6 Å². The van der Waals surface area contributed by atoms with Crippen molar-refractivity contribution < 1.29 is 0 Å². The van der Waals surface area contributed by atoms with Crippen LogP contribution < -0.4 is 5.73 Å². The number of nitrogens with zero attached hydrogens (tertiary/aromatic N) is 4. The molecule has 0 bridgehead atoms. The maximum Gasteiger partial charge on any atom is 0.177 e. The van der Waals surface area contributed by atoms with Crippen LogP contribution in [0, 0.1) is 11.3 Å². The second-order valence-electron chi connectivity index (χ2n) is 3.86. The predicted octanol–water partition coefficient (Wildman–Crippen LogP) is 1.61. The number of H-pyrrole nitrogens is 1. The van der Waals surface area contributed by atoms with Crippen LogP contribution in [0.15, 0.2) is 12.3 Å². The van der Waals surface area contributed by atoms with E-state index in [2.05, 4.69) is 15.3 Å². The third-order valence-electron chi connectivity index (χ3n) is 2.59. The van der Waals surface area contributed by atoms with E-state index in [1.165, 1.54) is 10.9 Å². The lowest BCUT2D eigenvalue weighted by Crippen LogP contribution is -2.02. The molecule has 0 saturated heterocycles. The lowest BCUT2D eigenvalue weighted by atomic mass is 10.2. The van der Waals surface area contributed by atoms with E-state index in [0.717, 1.165) is 25.0 Å². The summed E-state index contributed by atoms with van der Waals surface area (Å²) in [6.45, 7) is 0. The minimum atomic E-state index is 0.302. The van der Waals surface area contributed by atoms with Crippen molar-refractivity contribution in [3.8, 4) is 11.9 Å². The van der Waals surface area contributed by atoms with Crippen molar-refractivity contribution in [2.75, 3.05) is 11.6 Å². The van der Waals surface area contributed by atoms with E-state index < -0.39 is 0 Å². The quantitative estimate of drug-likeness (QED) is 0.633. The van der Waals surface area contributed by atoms with Gasteiger partial charge in [-0.2, -0.15) is 20.1 Å². The molecule has 0 aliphatic rings. The number of nitrogen functional groups attached to an aromatic ring is 1. The number of halogens is 1. The number of hydrogen-bond acceptors (Lipinski definition) is 4. The van der Waals surface area contributed by atoms with Crippen LogP contribution >= 0.6 is 11.6 Å². The summed E-state index contributed by atoms with van der Waals surface area (Å²) in [5, 5.41) is 19.9. The van der Waals surface area contributed by atoms with Crippen LogP contribution in [0.3, 0.4) is 0 Å². The molecule has 0 radical (unpaired) electrons. The van der Waals surface area contributed by atoms with Gasteiger partial charge in [0.1, 0.15) is 17.5 Å². The monoisotopic (exact) mass is 264 g/mol. The number of nitrogens with one attached hydrogen (secondary N) is 1. The molecule has 0 atom stereocenters. The Bertz CT molecular complexity index is 564. The predicted molar refractivity (Wildman–Crippen MR) is 68.5 cm³/mol. The minimum absolute atomic E-state index is 0.302. The molecule has 2 rings (SSSR count). The molecule has 18 heavy (non-hydrogen) atoms. The number of aromatic amines is 1. The van der Waals surface area contributed by atoms with Crippen LogP contribution in [0.25, 0.3) is 5.82 Å². The van der Waals surface area contributed by atoms with E-state index in [1.807, 2.05) is 12.1 Å². The van der Waals surface area contributed by atoms with Crippen molar-refractivity contribution in [2.24, 2.45) is 0 Å². The van der Waals surface area contributed by atoms with Gasteiger partial charge in [-0.1, -0.05) is 0 Å². The van der Waals surface area contributed by atoms with E-state index >= 15 is 0 Å². The maximum absolute atomic E-state index is 8.80. The van der Waals surface area contributed by atoms with Gasteiger partial charge in [0, 0.05) is 17.6 Å². The summed E-state index contributed by atoms with van der Waals surface area (Å²) in [6.07, 6.45) is 4.28. The molecule has 7 heteroatoms. The largest absolute Gasteiger partial charge is 0.382 e. The summed E-state index contributed by atoms with van der Waals surface area (Å²) in [4.78, 5) is 0. The lowest BCUT2D eigenvalue weighted by Gasteiger charge is -1.97. The Balaban J connectivity index is 2.14. The first-order valence-corrected chi connectivity index (χ1v) is 6.14. The molecule has 0 fully saturated rings. The summed E-state index contributed by atoms with van der Waals surface area (Å²) in [7, 11) is 0. The van der Waals surface area contributed by atoms with Crippen LogP contribution in [-0.4, -0.2) is 25.9 Å². The number of alkyl halides is 1. The molecule has 2 aromatic heterocycles. The molecule has 0 amide bonds. The molecule has 6 nitrogen and oxygen atoms in total. The summed E-state index contributed by atoms with van der Waals surface area (Å²) in [6, 6.07) is 3.85. The first-order chi connectivity index (χ1) is 8.76. The van der Waals surface area contributed by atoms with Gasteiger partial charge < -0.3 is 5.73 Å². The van der Waals surface area contributed by atoms with Crippen LogP contribution in [0.2, 0.25) is 0 Å². The van der Waals surface area contributed by atoms with E-state index in [0.29, 0.717) is 23.1 Å². The fraction of sp³-hybridized carbons (Fsp3) is 0.364. The number of hydrogen-bond donors (Lipinski definition) is 2. The zero-order chi connectivity index (χ0) is 13.0. The molecular weight excluding hydrogens is 252 g/mol. The molecule has 0 saturated carbocycles. The van der Waals surface area contributed by atoms with Crippen molar-refractivity contribution in [1.29, 1.82) is 5.26 Å². The average molecular weight is 265 g/mol. The van der Waals surface area contributed by atoms with Gasteiger partial charge in [-0.15, -0.1) is 11.6 Å². The molecule has 0 spiro atoms. The van der Waals surface area contributed by atoms with Crippen LogP contribution in [-0.2, 0) is 6.42 Å². The van der Waals surface area contributed by atoms with Crippen molar-refractivity contribution in [3.63, 3.8) is 0 Å². The van der Waals surface area contributed by atoms with E-state index in [-0.39, 0.29) is 0 Å². The Morgan fingerprint density at radius 3 is 3.00 bits per heavy atom. The fourth-order valence-corrected chi connectivity index (χ4v) is 1.81. The summed E-state index contributed by atoms with van der Waals surface area (Å²) in [5.74, 6) is 1.56. The molecule has 2 heterocycles. The van der Waals surface area contributed by atoms with E-state index in [1.54, 1.807) is 0 Å². The second-order valence-corrected chi connectivity index (χ2v) is 4.24. The van der Waals surface area contributed by atoms with Gasteiger partial charge in [-0.05, 0) is 19.3 Å². The Morgan fingerprint density at radius 2 is 2.33 bits per heavy atom. The van der Waals surface area contributed by atoms with Crippen molar-refractivity contribution >= 4 is 17.4 Å². The lowest BCUT2D eigenvalue weighted by molar-refractivity contribution is 0.774. The number of unbranched alkanes of at least 4 members (excludes halogenated alkanes) is 1. The van der Waals surface area contributed by atoms with Gasteiger partial charge in [0.2, 0.25) is 0 Å². The molecule has 94 valence electrons. The number of aromatic nitrogens is 4. The van der Waals surface area contributed by atoms with Gasteiger partial charge >= 0.3 is 0 Å². The number of nitriles is 1. The highest BCUT2D eigenvalue weighted by Crippen LogP contribution is 2.15. The van der Waals surface area contributed by atoms with Gasteiger partial charge in [0.25, 0.3) is 0 Å². The van der Waals surface area contributed by atoms with Gasteiger partial charge in [0.05, 0.1) is 6.20 Å². The minimum Gasteiger partial charge on any atom is -0.382 e. The van der Waals surface area contributed by atoms with Crippen molar-refractivity contribution in [3.05, 3.63) is 23.5 Å². The highest BCUT2D eigenvalue weighted by atomic mass is 35.5. The number of rotatable bonds is 5. The molecule has 0 aromatic carbocycles.